The van der Waals surface area contributed by atoms with Crippen molar-refractivity contribution in [3.8, 4) is 0 Å². The molecule has 0 bridgehead atoms. The van der Waals surface area contributed by atoms with Gasteiger partial charge in [0.2, 0.25) is 0 Å². The molecule has 1 atom stereocenters. The number of hydrogen-bond acceptors (Lipinski definition) is 4. The van der Waals surface area contributed by atoms with E-state index in [-0.39, 0.29) is 0 Å². The Bertz CT molecular complexity index is 551. The van der Waals surface area contributed by atoms with Gasteiger partial charge in [0.15, 0.2) is 0 Å². The van der Waals surface area contributed by atoms with Gasteiger partial charge in [0.05, 0.1) is 10.7 Å². The predicted molar refractivity (Wildman–Crippen MR) is 83.1 cm³/mol. The van der Waals surface area contributed by atoms with Crippen LogP contribution in [0.15, 0.2) is 34.5 Å². The average molecular weight is 290 g/mol. The number of fused-ring (bicyclic) bond motifs is 1. The molecular weight excluding hydrogens is 272 g/mol. The van der Waals surface area contributed by atoms with E-state index >= 15 is 0 Å². The summed E-state index contributed by atoms with van der Waals surface area (Å²) >= 11 is 3.71. The van der Waals surface area contributed by atoms with E-state index in [1.54, 1.807) is 11.3 Å². The van der Waals surface area contributed by atoms with Crippen molar-refractivity contribution in [1.82, 2.24) is 10.3 Å². The van der Waals surface area contributed by atoms with Crippen molar-refractivity contribution in [3.05, 3.63) is 45.9 Å². The van der Waals surface area contributed by atoms with Crippen LogP contribution in [0.2, 0.25) is 0 Å². The standard InChI is InChI=1S/C15H18N2S2/c1-11-17-12(10-19-11)6-8-16-14-7-9-18-15-5-3-2-4-13(14)15/h2-5,10,14,16H,6-9H2,1H3/t14-/m1/s1. The van der Waals surface area contributed by atoms with E-state index in [0.717, 1.165) is 18.0 Å². The fourth-order valence-electron chi connectivity index (χ4n) is 2.45. The third-order valence-electron chi connectivity index (χ3n) is 3.40. The van der Waals surface area contributed by atoms with Crippen LogP contribution in [0.4, 0.5) is 0 Å². The Morgan fingerprint density at radius 1 is 1.37 bits per heavy atom. The van der Waals surface area contributed by atoms with Crippen LogP contribution in [0.1, 0.15) is 28.7 Å². The largest absolute Gasteiger partial charge is 0.309 e. The van der Waals surface area contributed by atoms with Gasteiger partial charge in [0.1, 0.15) is 0 Å². The number of thiazole rings is 1. The second-order valence-electron chi connectivity index (χ2n) is 4.79. The Morgan fingerprint density at radius 3 is 3.11 bits per heavy atom. The molecule has 1 aromatic heterocycles. The number of thioether (sulfide) groups is 1. The van der Waals surface area contributed by atoms with Crippen LogP contribution < -0.4 is 5.32 Å². The molecule has 0 radical (unpaired) electrons. The first kappa shape index (κ1) is 13.2. The lowest BCUT2D eigenvalue weighted by Gasteiger charge is -2.25. The maximum Gasteiger partial charge on any atom is 0.0897 e. The summed E-state index contributed by atoms with van der Waals surface area (Å²) in [6.45, 7) is 3.07. The number of aromatic nitrogens is 1. The van der Waals surface area contributed by atoms with Gasteiger partial charge in [-0.3, -0.25) is 0 Å². The second kappa shape index (κ2) is 6.07. The Hall–Kier alpha value is -0.840. The lowest BCUT2D eigenvalue weighted by molar-refractivity contribution is 0.512. The van der Waals surface area contributed by atoms with E-state index in [4.69, 9.17) is 0 Å². The third kappa shape index (κ3) is 3.19. The maximum atomic E-state index is 4.51. The van der Waals surface area contributed by atoms with Crippen LogP contribution in [0.5, 0.6) is 0 Å². The minimum atomic E-state index is 0.511. The molecular formula is C15H18N2S2. The lowest BCUT2D eigenvalue weighted by atomic mass is 10.0. The number of nitrogens with zero attached hydrogens (tertiary/aromatic N) is 1. The van der Waals surface area contributed by atoms with Crippen LogP contribution in [0, 0.1) is 6.92 Å². The molecule has 2 nitrogen and oxygen atoms in total. The normalized spacial score (nSPS) is 18.3. The van der Waals surface area contributed by atoms with Gasteiger partial charge in [-0.2, -0.15) is 0 Å². The highest BCUT2D eigenvalue weighted by atomic mass is 32.2. The SMILES string of the molecule is Cc1nc(CCN[C@@H]2CCSc3ccccc32)cs1. The van der Waals surface area contributed by atoms with E-state index < -0.39 is 0 Å². The van der Waals surface area contributed by atoms with Crippen LogP contribution in [-0.4, -0.2) is 17.3 Å². The van der Waals surface area contributed by atoms with E-state index in [0.29, 0.717) is 6.04 Å². The monoisotopic (exact) mass is 290 g/mol. The highest BCUT2D eigenvalue weighted by Gasteiger charge is 2.19. The zero-order valence-corrected chi connectivity index (χ0v) is 12.7. The quantitative estimate of drug-likeness (QED) is 0.926. The number of benzene rings is 1. The first-order valence-corrected chi connectivity index (χ1v) is 8.55. The molecule has 1 N–H and O–H groups in total. The molecule has 0 spiro atoms. The highest BCUT2D eigenvalue weighted by Crippen LogP contribution is 2.35. The summed E-state index contributed by atoms with van der Waals surface area (Å²) in [7, 11) is 0. The van der Waals surface area contributed by atoms with Gasteiger partial charge in [0.25, 0.3) is 0 Å². The molecule has 1 aromatic carbocycles. The van der Waals surface area contributed by atoms with Crippen molar-refractivity contribution >= 4 is 23.1 Å². The Labute approximate surface area is 122 Å². The molecule has 0 saturated carbocycles. The molecule has 1 aliphatic rings. The molecule has 4 heteroatoms. The third-order valence-corrected chi connectivity index (χ3v) is 5.34. The molecule has 2 heterocycles. The minimum absolute atomic E-state index is 0.511. The Kier molecular flexibility index (Phi) is 4.21. The molecule has 0 unspecified atom stereocenters. The molecule has 0 saturated heterocycles. The fourth-order valence-corrected chi connectivity index (χ4v) is 4.22. The highest BCUT2D eigenvalue weighted by molar-refractivity contribution is 7.99. The van der Waals surface area contributed by atoms with Crippen LogP contribution in [-0.2, 0) is 6.42 Å². The number of nitrogens with one attached hydrogen (secondary N) is 1. The number of rotatable bonds is 4. The van der Waals surface area contributed by atoms with Gasteiger partial charge >= 0.3 is 0 Å². The lowest BCUT2D eigenvalue weighted by Crippen LogP contribution is -2.26. The van der Waals surface area contributed by atoms with E-state index in [1.807, 2.05) is 11.8 Å². The predicted octanol–water partition coefficient (Wildman–Crippen LogP) is 3.82. The van der Waals surface area contributed by atoms with Gasteiger partial charge in [-0.1, -0.05) is 18.2 Å². The van der Waals surface area contributed by atoms with Crippen molar-refractivity contribution in [1.29, 1.82) is 0 Å². The van der Waals surface area contributed by atoms with Gasteiger partial charge in [0, 0.05) is 29.3 Å². The van der Waals surface area contributed by atoms with Crippen molar-refractivity contribution in [2.45, 2.75) is 30.7 Å². The smallest absolute Gasteiger partial charge is 0.0897 e. The first-order chi connectivity index (χ1) is 9.33. The van der Waals surface area contributed by atoms with Gasteiger partial charge in [-0.05, 0) is 30.7 Å². The molecule has 3 rings (SSSR count). The van der Waals surface area contributed by atoms with Crippen molar-refractivity contribution in [2.75, 3.05) is 12.3 Å². The molecule has 0 amide bonds. The topological polar surface area (TPSA) is 24.9 Å². The summed E-state index contributed by atoms with van der Waals surface area (Å²) in [5.74, 6) is 1.21. The Balaban J connectivity index is 1.59. The number of hydrogen-bond donors (Lipinski definition) is 1. The van der Waals surface area contributed by atoms with Gasteiger partial charge in [-0.15, -0.1) is 23.1 Å². The molecule has 2 aromatic rings. The summed E-state index contributed by atoms with van der Waals surface area (Å²) in [5.41, 5.74) is 2.68. The summed E-state index contributed by atoms with van der Waals surface area (Å²) < 4.78 is 0. The summed E-state index contributed by atoms with van der Waals surface area (Å²) in [6.07, 6.45) is 2.24. The van der Waals surface area contributed by atoms with Crippen LogP contribution >= 0.6 is 23.1 Å². The van der Waals surface area contributed by atoms with Crippen molar-refractivity contribution in [3.63, 3.8) is 0 Å². The second-order valence-corrected chi connectivity index (χ2v) is 6.99. The molecule has 19 heavy (non-hydrogen) atoms. The molecule has 100 valence electrons. The van der Waals surface area contributed by atoms with E-state index in [9.17, 15) is 0 Å². The maximum absolute atomic E-state index is 4.51. The van der Waals surface area contributed by atoms with Crippen LogP contribution in [0.25, 0.3) is 0 Å². The summed E-state index contributed by atoms with van der Waals surface area (Å²) in [4.78, 5) is 5.95. The van der Waals surface area contributed by atoms with Crippen molar-refractivity contribution in [2.24, 2.45) is 0 Å². The van der Waals surface area contributed by atoms with Gasteiger partial charge in [-0.25, -0.2) is 4.98 Å². The number of aryl methyl sites for hydroxylation is 1. The average Bonchev–Trinajstić information content (AvgIpc) is 2.85. The molecule has 0 aliphatic carbocycles. The van der Waals surface area contributed by atoms with Crippen LogP contribution in [0.3, 0.4) is 0 Å². The van der Waals surface area contributed by atoms with Crippen molar-refractivity contribution < 1.29 is 0 Å². The Morgan fingerprint density at radius 2 is 2.26 bits per heavy atom. The summed E-state index contributed by atoms with van der Waals surface area (Å²) in [6, 6.07) is 9.27. The summed E-state index contributed by atoms with van der Waals surface area (Å²) in [5, 5.41) is 7.02. The fraction of sp³-hybridized carbons (Fsp3) is 0.400. The zero-order valence-electron chi connectivity index (χ0n) is 11.1. The van der Waals surface area contributed by atoms with Gasteiger partial charge < -0.3 is 5.32 Å². The van der Waals surface area contributed by atoms with E-state index in [2.05, 4.69) is 46.9 Å². The minimum Gasteiger partial charge on any atom is -0.309 e. The first-order valence-electron chi connectivity index (χ1n) is 6.69. The van der Waals surface area contributed by atoms with E-state index in [1.165, 1.54) is 28.3 Å². The molecule has 1 aliphatic heterocycles. The molecule has 0 fully saturated rings. The zero-order chi connectivity index (χ0) is 13.1.